The number of amides is 2. The number of fused-ring (bicyclic) bond motifs is 1. The normalized spacial score (nSPS) is 14.6. The minimum absolute atomic E-state index is 0.231. The van der Waals surface area contributed by atoms with Gasteiger partial charge in [0.1, 0.15) is 12.7 Å². The van der Waals surface area contributed by atoms with Crippen LogP contribution in [-0.2, 0) is 4.79 Å². The molecule has 1 aliphatic heterocycles. The maximum absolute atomic E-state index is 12.0. The van der Waals surface area contributed by atoms with Crippen molar-refractivity contribution in [3.8, 4) is 5.75 Å². The summed E-state index contributed by atoms with van der Waals surface area (Å²) in [6, 6.07) is 5.14. The fourth-order valence-electron chi connectivity index (χ4n) is 1.73. The van der Waals surface area contributed by atoms with E-state index in [1.54, 1.807) is 12.1 Å². The van der Waals surface area contributed by atoms with Gasteiger partial charge in [0, 0.05) is 6.54 Å². The van der Waals surface area contributed by atoms with E-state index >= 15 is 0 Å². The number of hydrogen-bond donors (Lipinski definition) is 4. The summed E-state index contributed by atoms with van der Waals surface area (Å²) < 4.78 is 5.45. The summed E-state index contributed by atoms with van der Waals surface area (Å²) in [7, 11) is 0. The Hall–Kier alpha value is -2.28. The summed E-state index contributed by atoms with van der Waals surface area (Å²) >= 11 is 0. The maximum Gasteiger partial charge on any atom is 0.255 e. The molecule has 1 aromatic carbocycles. The Morgan fingerprint density at radius 2 is 2.32 bits per heavy atom. The van der Waals surface area contributed by atoms with Gasteiger partial charge in [0.2, 0.25) is 5.91 Å². The summed E-state index contributed by atoms with van der Waals surface area (Å²) in [5, 5.41) is 14.8. The molecule has 1 aliphatic rings. The summed E-state index contributed by atoms with van der Waals surface area (Å²) in [6.07, 6.45) is -1.40. The van der Waals surface area contributed by atoms with Crippen molar-refractivity contribution >= 4 is 17.5 Å². The van der Waals surface area contributed by atoms with Crippen molar-refractivity contribution in [3.63, 3.8) is 0 Å². The highest BCUT2D eigenvalue weighted by atomic mass is 16.5. The number of anilines is 1. The molecule has 5 N–H and O–H groups in total. The van der Waals surface area contributed by atoms with Crippen molar-refractivity contribution in [1.82, 2.24) is 5.32 Å². The topological polar surface area (TPSA) is 114 Å². The van der Waals surface area contributed by atoms with Crippen LogP contribution in [-0.4, -0.2) is 42.7 Å². The van der Waals surface area contributed by atoms with Crippen molar-refractivity contribution in [1.29, 1.82) is 0 Å². The van der Waals surface area contributed by atoms with Gasteiger partial charge in [-0.1, -0.05) is 6.07 Å². The molecular formula is C12H15N3O4. The predicted molar refractivity (Wildman–Crippen MR) is 68.0 cm³/mol. The van der Waals surface area contributed by atoms with Crippen LogP contribution in [0.15, 0.2) is 18.2 Å². The molecule has 0 saturated carbocycles. The number of hydrogen-bond acceptors (Lipinski definition) is 5. The van der Waals surface area contributed by atoms with E-state index in [-0.39, 0.29) is 6.54 Å². The smallest absolute Gasteiger partial charge is 0.255 e. The molecule has 0 aromatic heterocycles. The Bertz CT molecular complexity index is 504. The second-order valence-electron chi connectivity index (χ2n) is 4.09. The van der Waals surface area contributed by atoms with E-state index in [4.69, 9.17) is 10.5 Å². The number of nitrogens with one attached hydrogen (secondary N) is 2. The van der Waals surface area contributed by atoms with Gasteiger partial charge in [-0.25, -0.2) is 0 Å². The van der Waals surface area contributed by atoms with Gasteiger partial charge in [0.05, 0.1) is 17.8 Å². The number of carbonyl (C=O) groups excluding carboxylic acids is 2. The van der Waals surface area contributed by atoms with Gasteiger partial charge in [-0.05, 0) is 12.1 Å². The molecule has 0 spiro atoms. The second-order valence-corrected chi connectivity index (χ2v) is 4.09. The average molecular weight is 265 g/mol. The number of primary amides is 1. The van der Waals surface area contributed by atoms with Gasteiger partial charge in [-0.2, -0.15) is 0 Å². The highest BCUT2D eigenvalue weighted by molar-refractivity contribution is 5.99. The first-order valence-corrected chi connectivity index (χ1v) is 5.85. The maximum atomic E-state index is 12.0. The quantitative estimate of drug-likeness (QED) is 0.561. The molecule has 0 fully saturated rings. The van der Waals surface area contributed by atoms with Crippen LogP contribution in [0.2, 0.25) is 0 Å². The zero-order chi connectivity index (χ0) is 13.8. The van der Waals surface area contributed by atoms with Crippen molar-refractivity contribution in [2.45, 2.75) is 6.10 Å². The van der Waals surface area contributed by atoms with Crippen LogP contribution in [0.25, 0.3) is 0 Å². The highest BCUT2D eigenvalue weighted by Crippen LogP contribution is 2.30. The molecule has 2 rings (SSSR count). The van der Waals surface area contributed by atoms with Crippen molar-refractivity contribution in [2.24, 2.45) is 5.73 Å². The van der Waals surface area contributed by atoms with Crippen molar-refractivity contribution in [3.05, 3.63) is 23.8 Å². The number of benzene rings is 1. The summed E-state index contributed by atoms with van der Waals surface area (Å²) in [5.41, 5.74) is 5.99. The number of aliphatic hydroxyl groups is 1. The first kappa shape index (κ1) is 13.2. The lowest BCUT2D eigenvalue weighted by Gasteiger charge is -2.21. The fraction of sp³-hybridized carbons (Fsp3) is 0.333. The summed E-state index contributed by atoms with van der Waals surface area (Å²) in [4.78, 5) is 22.6. The lowest BCUT2D eigenvalue weighted by Crippen LogP contribution is -2.40. The monoisotopic (exact) mass is 265 g/mol. The molecule has 1 heterocycles. The molecule has 102 valence electrons. The zero-order valence-electron chi connectivity index (χ0n) is 10.2. The fourth-order valence-corrected chi connectivity index (χ4v) is 1.73. The molecule has 0 aliphatic carbocycles. The van der Waals surface area contributed by atoms with Crippen LogP contribution in [0.1, 0.15) is 10.4 Å². The lowest BCUT2D eigenvalue weighted by molar-refractivity contribution is -0.125. The molecule has 7 heteroatoms. The molecule has 1 atom stereocenters. The van der Waals surface area contributed by atoms with Gasteiger partial charge < -0.3 is 26.2 Å². The van der Waals surface area contributed by atoms with Gasteiger partial charge in [0.25, 0.3) is 5.91 Å². The molecular weight excluding hydrogens is 250 g/mol. The third-order valence-corrected chi connectivity index (χ3v) is 2.71. The molecule has 2 amide bonds. The Labute approximate surface area is 109 Å². The largest absolute Gasteiger partial charge is 0.489 e. The summed E-state index contributed by atoms with van der Waals surface area (Å²) in [5.74, 6) is -0.839. The first-order valence-electron chi connectivity index (χ1n) is 5.85. The third kappa shape index (κ3) is 2.94. The van der Waals surface area contributed by atoms with Crippen LogP contribution >= 0.6 is 0 Å². The number of ether oxygens (including phenoxy) is 1. The number of para-hydroxylation sites is 1. The molecule has 19 heavy (non-hydrogen) atoms. The van der Waals surface area contributed by atoms with E-state index in [1.165, 1.54) is 0 Å². The Morgan fingerprint density at radius 1 is 1.53 bits per heavy atom. The van der Waals surface area contributed by atoms with Crippen LogP contribution in [0, 0.1) is 0 Å². The standard InChI is InChI=1S/C12H15N3O4/c13-11(17)9(16)6-15-12(18)7-2-1-3-8-10(7)19-5-4-14-8/h1-3,9,14,16H,4-6H2,(H2,13,17)(H,15,18). The number of nitrogens with two attached hydrogens (primary N) is 1. The number of aliphatic hydroxyl groups excluding tert-OH is 1. The molecule has 0 saturated heterocycles. The first-order chi connectivity index (χ1) is 9.09. The van der Waals surface area contributed by atoms with E-state index in [0.717, 1.165) is 5.69 Å². The third-order valence-electron chi connectivity index (χ3n) is 2.71. The predicted octanol–water partition coefficient (Wildman–Crippen LogP) is -0.933. The zero-order valence-corrected chi connectivity index (χ0v) is 10.2. The van der Waals surface area contributed by atoms with E-state index in [9.17, 15) is 14.7 Å². The number of rotatable bonds is 4. The van der Waals surface area contributed by atoms with Crippen molar-refractivity contribution in [2.75, 3.05) is 25.0 Å². The molecule has 0 radical (unpaired) electrons. The Kier molecular flexibility index (Phi) is 3.86. The van der Waals surface area contributed by atoms with Crippen LogP contribution in [0.5, 0.6) is 5.75 Å². The highest BCUT2D eigenvalue weighted by Gasteiger charge is 2.20. The Morgan fingerprint density at radius 3 is 3.05 bits per heavy atom. The van der Waals surface area contributed by atoms with Gasteiger partial charge >= 0.3 is 0 Å². The van der Waals surface area contributed by atoms with Crippen molar-refractivity contribution < 1.29 is 19.4 Å². The van der Waals surface area contributed by atoms with Gasteiger partial charge in [0.15, 0.2) is 5.75 Å². The van der Waals surface area contributed by atoms with Crippen LogP contribution < -0.4 is 21.1 Å². The van der Waals surface area contributed by atoms with E-state index in [0.29, 0.717) is 24.5 Å². The lowest BCUT2D eigenvalue weighted by atomic mass is 10.1. The minimum Gasteiger partial charge on any atom is -0.489 e. The number of carbonyl (C=O) groups is 2. The average Bonchev–Trinajstić information content (AvgIpc) is 2.43. The summed E-state index contributed by atoms with van der Waals surface area (Å²) in [6.45, 7) is 0.922. The van der Waals surface area contributed by atoms with Gasteiger partial charge in [-0.3, -0.25) is 9.59 Å². The van der Waals surface area contributed by atoms with E-state index < -0.39 is 17.9 Å². The second kappa shape index (κ2) is 5.57. The van der Waals surface area contributed by atoms with Crippen LogP contribution in [0.3, 0.4) is 0 Å². The minimum atomic E-state index is -1.40. The molecule has 7 nitrogen and oxygen atoms in total. The SMILES string of the molecule is NC(=O)C(O)CNC(=O)c1cccc2c1OCCN2. The molecule has 1 unspecified atom stereocenters. The molecule has 1 aromatic rings. The van der Waals surface area contributed by atoms with Gasteiger partial charge in [-0.15, -0.1) is 0 Å². The van der Waals surface area contributed by atoms with Crippen LogP contribution in [0.4, 0.5) is 5.69 Å². The molecule has 0 bridgehead atoms. The van der Waals surface area contributed by atoms with E-state index in [2.05, 4.69) is 10.6 Å². The Balaban J connectivity index is 2.09. The van der Waals surface area contributed by atoms with E-state index in [1.807, 2.05) is 6.07 Å².